The molecular weight excluding hydrogens is 474 g/mol. The van der Waals surface area contributed by atoms with Gasteiger partial charge in [-0.3, -0.25) is 4.79 Å². The van der Waals surface area contributed by atoms with Crippen molar-refractivity contribution in [1.82, 2.24) is 15.2 Å². The maximum absolute atomic E-state index is 13.7. The first kappa shape index (κ1) is 24.6. The van der Waals surface area contributed by atoms with Crippen LogP contribution in [0.5, 0.6) is 0 Å². The summed E-state index contributed by atoms with van der Waals surface area (Å²) in [5.41, 5.74) is 0.721. The fourth-order valence-corrected chi connectivity index (χ4v) is 4.82. The van der Waals surface area contributed by atoms with Gasteiger partial charge in [0.1, 0.15) is 17.4 Å². The van der Waals surface area contributed by atoms with Crippen molar-refractivity contribution in [1.29, 1.82) is 0 Å². The number of aromatic nitrogens is 1. The number of rotatable bonds is 5. The normalized spacial score (nSPS) is 19.4. The van der Waals surface area contributed by atoms with E-state index in [1.807, 2.05) is 52.1 Å². The zero-order valence-corrected chi connectivity index (χ0v) is 21.5. The summed E-state index contributed by atoms with van der Waals surface area (Å²) in [6, 6.07) is 5.14. The van der Waals surface area contributed by atoms with Gasteiger partial charge in [0.05, 0.1) is 12.6 Å². The third-order valence-electron chi connectivity index (χ3n) is 5.61. The highest BCUT2D eigenvalue weighted by Gasteiger charge is 2.46. The lowest BCUT2D eigenvalue weighted by Gasteiger charge is -2.37. The molecule has 2 N–H and O–H groups in total. The monoisotopic (exact) mass is 507 g/mol. The molecule has 0 saturated carbocycles. The molecule has 1 unspecified atom stereocenters. The molecule has 1 aromatic carbocycles. The molecule has 0 spiro atoms. The number of fused-ring (bicyclic) bond motifs is 1. The average Bonchev–Trinajstić information content (AvgIpc) is 3.19. The number of amides is 2. The summed E-state index contributed by atoms with van der Waals surface area (Å²) in [6.07, 6.45) is 2.02. The summed E-state index contributed by atoms with van der Waals surface area (Å²) < 4.78 is 12.4. The molecule has 8 heteroatoms. The highest BCUT2D eigenvalue weighted by Crippen LogP contribution is 2.34. The summed E-state index contributed by atoms with van der Waals surface area (Å²) in [4.78, 5) is 31.3. The Kier molecular flexibility index (Phi) is 6.96. The predicted molar refractivity (Wildman–Crippen MR) is 128 cm³/mol. The fourth-order valence-electron chi connectivity index (χ4n) is 4.20. The van der Waals surface area contributed by atoms with Gasteiger partial charge in [-0.25, -0.2) is 4.79 Å². The number of H-pyrrole nitrogens is 1. The van der Waals surface area contributed by atoms with Gasteiger partial charge in [-0.1, -0.05) is 35.8 Å². The van der Waals surface area contributed by atoms with Crippen LogP contribution in [0.2, 0.25) is 0 Å². The smallest absolute Gasteiger partial charge is 0.408 e. The number of halogens is 1. The van der Waals surface area contributed by atoms with E-state index in [1.54, 1.807) is 25.7 Å². The molecule has 2 aromatic rings. The Morgan fingerprint density at radius 3 is 2.66 bits per heavy atom. The first-order chi connectivity index (χ1) is 14.8. The minimum Gasteiger partial charge on any atom is -0.444 e. The summed E-state index contributed by atoms with van der Waals surface area (Å²) in [5, 5.41) is 3.89. The maximum Gasteiger partial charge on any atom is 0.408 e. The van der Waals surface area contributed by atoms with Crippen molar-refractivity contribution >= 4 is 38.8 Å². The molecule has 2 heterocycles. The minimum atomic E-state index is -0.784. The molecule has 0 radical (unpaired) electrons. The first-order valence-electron chi connectivity index (χ1n) is 11.0. The zero-order valence-electron chi connectivity index (χ0n) is 19.9. The number of alkyl carbamates (subject to hydrolysis) is 1. The summed E-state index contributed by atoms with van der Waals surface area (Å²) >= 11 is 3.64. The number of hydrogen-bond donors (Lipinski definition) is 2. The van der Waals surface area contributed by atoms with Gasteiger partial charge in [0.2, 0.25) is 5.91 Å². The topological polar surface area (TPSA) is 83.7 Å². The largest absolute Gasteiger partial charge is 0.444 e. The van der Waals surface area contributed by atoms with Crippen molar-refractivity contribution in [3.8, 4) is 0 Å². The third-order valence-corrected chi connectivity index (χ3v) is 6.27. The van der Waals surface area contributed by atoms with Gasteiger partial charge < -0.3 is 24.7 Å². The fraction of sp³-hybridized carbons (Fsp3) is 0.583. The molecule has 0 aliphatic carbocycles. The van der Waals surface area contributed by atoms with E-state index >= 15 is 0 Å². The molecule has 176 valence electrons. The van der Waals surface area contributed by atoms with Crippen LogP contribution in [0.1, 0.15) is 54.0 Å². The summed E-state index contributed by atoms with van der Waals surface area (Å²) in [7, 11) is 0. The van der Waals surface area contributed by atoms with E-state index in [2.05, 4.69) is 26.2 Å². The van der Waals surface area contributed by atoms with Crippen LogP contribution in [-0.4, -0.2) is 51.9 Å². The van der Waals surface area contributed by atoms with Crippen LogP contribution in [0, 0.1) is 5.92 Å². The highest BCUT2D eigenvalue weighted by molar-refractivity contribution is 9.10. The van der Waals surface area contributed by atoms with E-state index in [0.717, 1.165) is 20.9 Å². The number of nitrogens with one attached hydrogen (secondary N) is 2. The Bertz CT molecular complexity index is 993. The van der Waals surface area contributed by atoms with Gasteiger partial charge >= 0.3 is 6.09 Å². The molecule has 1 aliphatic rings. The SMILES string of the molecule is CC(C)[C@@H](NC(=O)OC(C)(C)C)C(=O)N1C(Cc2c[nH]c3cccc(Br)c23)COC1(C)C. The van der Waals surface area contributed by atoms with Crippen molar-refractivity contribution in [2.24, 2.45) is 5.92 Å². The van der Waals surface area contributed by atoms with E-state index in [4.69, 9.17) is 9.47 Å². The average molecular weight is 508 g/mol. The van der Waals surface area contributed by atoms with Gasteiger partial charge in [-0.05, 0) is 64.7 Å². The number of aromatic amines is 1. The number of nitrogens with zero attached hydrogens (tertiary/aromatic N) is 1. The number of hydrogen-bond acceptors (Lipinski definition) is 4. The van der Waals surface area contributed by atoms with Crippen LogP contribution in [0.3, 0.4) is 0 Å². The van der Waals surface area contributed by atoms with Gasteiger partial charge in [0.25, 0.3) is 0 Å². The predicted octanol–water partition coefficient (Wildman–Crippen LogP) is 4.99. The lowest BCUT2D eigenvalue weighted by molar-refractivity contribution is -0.149. The number of carbonyl (C=O) groups is 2. The number of benzene rings is 1. The molecule has 32 heavy (non-hydrogen) atoms. The number of ether oxygens (including phenoxy) is 2. The van der Waals surface area contributed by atoms with Crippen LogP contribution in [-0.2, 0) is 20.7 Å². The summed E-state index contributed by atoms with van der Waals surface area (Å²) in [5.74, 6) is -0.286. The second-order valence-electron chi connectivity index (χ2n) is 10.2. The van der Waals surface area contributed by atoms with Gasteiger partial charge in [0, 0.05) is 21.6 Å². The zero-order chi connectivity index (χ0) is 23.8. The highest BCUT2D eigenvalue weighted by atomic mass is 79.9. The quantitative estimate of drug-likeness (QED) is 0.597. The van der Waals surface area contributed by atoms with E-state index < -0.39 is 23.5 Å². The van der Waals surface area contributed by atoms with Crippen molar-refractivity contribution in [3.05, 3.63) is 34.4 Å². The molecular formula is C24H34BrN3O4. The standard InChI is InChI=1S/C24H34BrN3O4/c1-14(2)20(27-22(30)32-23(3,4)5)21(29)28-16(13-31-24(28,6)7)11-15-12-26-18-10-8-9-17(25)19(15)18/h8-10,12,14,16,20,26H,11,13H2,1-7H3,(H,27,30)/t16?,20-/m1/s1. The van der Waals surface area contributed by atoms with Gasteiger partial charge in [0.15, 0.2) is 0 Å². The Morgan fingerprint density at radius 1 is 1.34 bits per heavy atom. The van der Waals surface area contributed by atoms with Crippen molar-refractivity contribution in [3.63, 3.8) is 0 Å². The molecule has 0 bridgehead atoms. The Hall–Kier alpha value is -2.06. The van der Waals surface area contributed by atoms with Crippen molar-refractivity contribution in [2.45, 2.75) is 78.3 Å². The van der Waals surface area contributed by atoms with Crippen LogP contribution in [0.4, 0.5) is 4.79 Å². The van der Waals surface area contributed by atoms with E-state index in [0.29, 0.717) is 13.0 Å². The van der Waals surface area contributed by atoms with Crippen LogP contribution >= 0.6 is 15.9 Å². The maximum atomic E-state index is 13.7. The second kappa shape index (κ2) is 9.06. The molecule has 1 aromatic heterocycles. The molecule has 1 saturated heterocycles. The van der Waals surface area contributed by atoms with Crippen LogP contribution in [0.15, 0.2) is 28.9 Å². The third kappa shape index (κ3) is 5.29. The van der Waals surface area contributed by atoms with E-state index in [1.165, 1.54) is 0 Å². The van der Waals surface area contributed by atoms with Crippen molar-refractivity contribution < 1.29 is 19.1 Å². The van der Waals surface area contributed by atoms with Crippen molar-refractivity contribution in [2.75, 3.05) is 6.61 Å². The van der Waals surface area contributed by atoms with E-state index in [-0.39, 0.29) is 17.9 Å². The second-order valence-corrected chi connectivity index (χ2v) is 11.0. The molecule has 1 aliphatic heterocycles. The minimum absolute atomic E-state index is 0.116. The molecule has 7 nitrogen and oxygen atoms in total. The summed E-state index contributed by atoms with van der Waals surface area (Å²) in [6.45, 7) is 13.4. The molecule has 3 rings (SSSR count). The van der Waals surface area contributed by atoms with Gasteiger partial charge in [-0.2, -0.15) is 0 Å². The molecule has 2 amide bonds. The molecule has 2 atom stereocenters. The van der Waals surface area contributed by atoms with Crippen LogP contribution in [0.25, 0.3) is 10.9 Å². The lowest BCUT2D eigenvalue weighted by atomic mass is 9.98. The Morgan fingerprint density at radius 2 is 2.03 bits per heavy atom. The van der Waals surface area contributed by atoms with Gasteiger partial charge in [-0.15, -0.1) is 0 Å². The Labute approximate surface area is 198 Å². The molecule has 1 fully saturated rings. The lowest BCUT2D eigenvalue weighted by Crippen LogP contribution is -2.58. The Balaban J connectivity index is 1.86. The number of carbonyl (C=O) groups excluding carboxylic acids is 2. The first-order valence-corrected chi connectivity index (χ1v) is 11.8. The van der Waals surface area contributed by atoms with Crippen LogP contribution < -0.4 is 5.32 Å². The van der Waals surface area contributed by atoms with E-state index in [9.17, 15) is 9.59 Å².